The van der Waals surface area contributed by atoms with E-state index in [1.165, 1.54) is 12.1 Å². The molecule has 166 valence electrons. The highest BCUT2D eigenvalue weighted by Gasteiger charge is 2.50. The van der Waals surface area contributed by atoms with E-state index in [0.29, 0.717) is 25.2 Å². The molecule has 0 N–H and O–H groups in total. The lowest BCUT2D eigenvalue weighted by Crippen LogP contribution is -2.51. The van der Waals surface area contributed by atoms with Gasteiger partial charge >= 0.3 is 5.51 Å². The van der Waals surface area contributed by atoms with Crippen molar-refractivity contribution in [1.82, 2.24) is 9.88 Å². The second kappa shape index (κ2) is 9.00. The Morgan fingerprint density at radius 3 is 2.52 bits per heavy atom. The van der Waals surface area contributed by atoms with E-state index in [-0.39, 0.29) is 16.7 Å². The number of aromatic nitrogens is 1. The molecule has 0 aliphatic carbocycles. The molecule has 0 bridgehead atoms. The molecule has 1 atom stereocenters. The smallest absolute Gasteiger partial charge is 0.346 e. The lowest BCUT2D eigenvalue weighted by molar-refractivity contribution is -0.131. The number of pyridine rings is 1. The van der Waals surface area contributed by atoms with Crippen LogP contribution in [0.15, 0.2) is 47.5 Å². The Labute approximate surface area is 183 Å². The van der Waals surface area contributed by atoms with Crippen molar-refractivity contribution in [3.63, 3.8) is 0 Å². The summed E-state index contributed by atoms with van der Waals surface area (Å²) in [5.41, 5.74) is -2.45. The second-order valence-corrected chi connectivity index (χ2v) is 9.07. The highest BCUT2D eigenvalue weighted by atomic mass is 32.2. The Morgan fingerprint density at radius 1 is 1.26 bits per heavy atom. The standard InChI is InChI=1S/C22H24F3N3O2S/c1-4-16-11-15(9-10-26-16)12-27-14-28(20(19(30)13-29)21(27,2)3)17-5-7-18(8-6-17)31-22(23,24)25/h5-11,13,20H,4,12,14H2,1-3H3. The highest BCUT2D eigenvalue weighted by molar-refractivity contribution is 8.00. The van der Waals surface area contributed by atoms with E-state index >= 15 is 0 Å². The average molecular weight is 452 g/mol. The van der Waals surface area contributed by atoms with E-state index in [1.807, 2.05) is 32.9 Å². The lowest BCUT2D eigenvalue weighted by Gasteiger charge is -2.34. The van der Waals surface area contributed by atoms with Gasteiger partial charge in [-0.2, -0.15) is 13.2 Å². The molecule has 9 heteroatoms. The number of benzene rings is 1. The Balaban J connectivity index is 1.90. The number of alkyl halides is 3. The molecular weight excluding hydrogens is 427 g/mol. The van der Waals surface area contributed by atoms with Crippen molar-refractivity contribution in [2.45, 2.75) is 55.7 Å². The molecule has 0 saturated carbocycles. The summed E-state index contributed by atoms with van der Waals surface area (Å²) in [6.07, 6.45) is 2.87. The molecule has 0 spiro atoms. The minimum atomic E-state index is -4.37. The summed E-state index contributed by atoms with van der Waals surface area (Å²) in [5, 5.41) is 0. The molecule has 0 radical (unpaired) electrons. The predicted octanol–water partition coefficient (Wildman–Crippen LogP) is 4.45. The summed E-state index contributed by atoms with van der Waals surface area (Å²) in [6.45, 7) is 6.72. The molecule has 1 unspecified atom stereocenters. The molecule has 31 heavy (non-hydrogen) atoms. The fraction of sp³-hybridized carbons (Fsp3) is 0.409. The summed E-state index contributed by atoms with van der Waals surface area (Å²) < 4.78 is 37.9. The van der Waals surface area contributed by atoms with E-state index < -0.39 is 22.9 Å². The Hall–Kier alpha value is -2.39. The minimum absolute atomic E-state index is 0.0636. The zero-order valence-electron chi connectivity index (χ0n) is 17.5. The first kappa shape index (κ1) is 23.3. The molecule has 1 fully saturated rings. The van der Waals surface area contributed by atoms with E-state index in [1.54, 1.807) is 23.2 Å². The number of thioether (sulfide) groups is 1. The Kier molecular flexibility index (Phi) is 6.76. The van der Waals surface area contributed by atoms with Gasteiger partial charge in [0.1, 0.15) is 6.04 Å². The zero-order chi connectivity index (χ0) is 22.8. The Bertz CT molecular complexity index is 948. The van der Waals surface area contributed by atoms with Crippen LogP contribution in [0.5, 0.6) is 0 Å². The van der Waals surface area contributed by atoms with Gasteiger partial charge in [-0.3, -0.25) is 19.5 Å². The molecule has 1 aromatic carbocycles. The number of nitrogens with zero attached hydrogens (tertiary/aromatic N) is 3. The van der Waals surface area contributed by atoms with Crippen LogP contribution in [0.3, 0.4) is 0 Å². The van der Waals surface area contributed by atoms with Crippen LogP contribution in [0.1, 0.15) is 32.0 Å². The van der Waals surface area contributed by atoms with Gasteiger partial charge in [0.2, 0.25) is 5.78 Å². The molecule has 2 heterocycles. The third-order valence-corrected chi connectivity index (χ3v) is 6.26. The molecule has 3 rings (SSSR count). The number of aryl methyl sites for hydroxylation is 1. The van der Waals surface area contributed by atoms with E-state index in [9.17, 15) is 22.8 Å². The number of Topliss-reactive ketones (excluding diaryl/α,β-unsaturated/α-hetero) is 1. The third-order valence-electron chi connectivity index (χ3n) is 5.52. The maximum absolute atomic E-state index is 12.6. The highest BCUT2D eigenvalue weighted by Crippen LogP contribution is 2.39. The van der Waals surface area contributed by atoms with Gasteiger partial charge in [0.15, 0.2) is 6.29 Å². The van der Waals surface area contributed by atoms with Crippen LogP contribution in [-0.4, -0.2) is 45.7 Å². The Morgan fingerprint density at radius 2 is 1.94 bits per heavy atom. The average Bonchev–Trinajstić information content (AvgIpc) is 2.97. The van der Waals surface area contributed by atoms with Gasteiger partial charge in [0.05, 0.1) is 6.67 Å². The normalized spacial score (nSPS) is 18.9. The van der Waals surface area contributed by atoms with Gasteiger partial charge in [-0.25, -0.2) is 0 Å². The van der Waals surface area contributed by atoms with Gasteiger partial charge in [0.25, 0.3) is 0 Å². The van der Waals surface area contributed by atoms with Crippen molar-refractivity contribution < 1.29 is 22.8 Å². The zero-order valence-corrected chi connectivity index (χ0v) is 18.3. The van der Waals surface area contributed by atoms with Crippen molar-refractivity contribution in [2.24, 2.45) is 0 Å². The molecule has 1 aliphatic rings. The summed E-state index contributed by atoms with van der Waals surface area (Å²) in [4.78, 5) is 32.2. The number of hydrogen-bond acceptors (Lipinski definition) is 6. The van der Waals surface area contributed by atoms with Crippen LogP contribution in [0, 0.1) is 0 Å². The van der Waals surface area contributed by atoms with Gasteiger partial charge < -0.3 is 4.90 Å². The summed E-state index contributed by atoms with van der Waals surface area (Å²) in [7, 11) is 0. The maximum Gasteiger partial charge on any atom is 0.446 e. The van der Waals surface area contributed by atoms with Crippen molar-refractivity contribution in [3.8, 4) is 0 Å². The van der Waals surface area contributed by atoms with Gasteiger partial charge in [0, 0.05) is 34.6 Å². The molecule has 2 aromatic rings. The van der Waals surface area contributed by atoms with Crippen LogP contribution < -0.4 is 4.90 Å². The molecule has 0 amide bonds. The fourth-order valence-electron chi connectivity index (χ4n) is 3.93. The second-order valence-electron chi connectivity index (χ2n) is 7.94. The van der Waals surface area contributed by atoms with E-state index in [0.717, 1.165) is 17.7 Å². The van der Waals surface area contributed by atoms with Crippen LogP contribution in [0.4, 0.5) is 18.9 Å². The topological polar surface area (TPSA) is 53.5 Å². The quantitative estimate of drug-likeness (QED) is 0.352. The first-order valence-corrected chi connectivity index (χ1v) is 10.7. The number of halogens is 3. The number of hydrogen-bond donors (Lipinski definition) is 0. The molecule has 1 aliphatic heterocycles. The van der Waals surface area contributed by atoms with E-state index in [4.69, 9.17) is 0 Å². The van der Waals surface area contributed by atoms with Crippen LogP contribution in [0.2, 0.25) is 0 Å². The van der Waals surface area contributed by atoms with Crippen molar-refractivity contribution in [2.75, 3.05) is 11.6 Å². The predicted molar refractivity (Wildman–Crippen MR) is 114 cm³/mol. The lowest BCUT2D eigenvalue weighted by atomic mass is 9.90. The van der Waals surface area contributed by atoms with Gasteiger partial charge in [-0.05, 0) is 74.0 Å². The monoisotopic (exact) mass is 451 g/mol. The summed E-state index contributed by atoms with van der Waals surface area (Å²) in [5.74, 6) is -0.565. The van der Waals surface area contributed by atoms with E-state index in [2.05, 4.69) is 9.88 Å². The summed E-state index contributed by atoms with van der Waals surface area (Å²) in [6, 6.07) is 9.04. The fourth-order valence-corrected chi connectivity index (χ4v) is 4.47. The first-order chi connectivity index (χ1) is 14.5. The number of aldehydes is 1. The van der Waals surface area contributed by atoms with Crippen molar-refractivity contribution >= 4 is 29.5 Å². The molecule has 1 saturated heterocycles. The van der Waals surface area contributed by atoms with Gasteiger partial charge in [-0.1, -0.05) is 6.92 Å². The maximum atomic E-state index is 12.6. The van der Waals surface area contributed by atoms with Crippen LogP contribution in [-0.2, 0) is 22.6 Å². The molecule has 5 nitrogen and oxygen atoms in total. The minimum Gasteiger partial charge on any atom is -0.346 e. The van der Waals surface area contributed by atoms with Gasteiger partial charge in [-0.15, -0.1) is 0 Å². The van der Waals surface area contributed by atoms with Crippen molar-refractivity contribution in [1.29, 1.82) is 0 Å². The number of rotatable bonds is 7. The number of carbonyl (C=O) groups is 2. The molecular formula is C22H24F3N3O2S. The number of carbonyl (C=O) groups excluding carboxylic acids is 2. The number of ketones is 1. The molecule has 1 aromatic heterocycles. The SMILES string of the molecule is CCc1cc(CN2CN(c3ccc(SC(F)(F)F)cc3)C(C(=O)C=O)C2(C)C)ccn1. The van der Waals surface area contributed by atoms with Crippen LogP contribution in [0.25, 0.3) is 0 Å². The summed E-state index contributed by atoms with van der Waals surface area (Å²) >= 11 is -0.189. The van der Waals surface area contributed by atoms with Crippen LogP contribution >= 0.6 is 11.8 Å². The number of anilines is 1. The first-order valence-electron chi connectivity index (χ1n) is 9.85. The largest absolute Gasteiger partial charge is 0.446 e. The van der Waals surface area contributed by atoms with Crippen molar-refractivity contribution in [3.05, 3.63) is 53.9 Å². The third kappa shape index (κ3) is 5.27.